The van der Waals surface area contributed by atoms with E-state index in [9.17, 15) is 0 Å². The van der Waals surface area contributed by atoms with Crippen molar-refractivity contribution in [1.82, 2.24) is 10.6 Å². The summed E-state index contributed by atoms with van der Waals surface area (Å²) < 4.78 is 16.7. The monoisotopic (exact) mass is 463 g/mol. The summed E-state index contributed by atoms with van der Waals surface area (Å²) in [5, 5.41) is 6.62. The number of ether oxygens (including phenoxy) is 3. The van der Waals surface area contributed by atoms with E-state index in [0.717, 1.165) is 55.4 Å². The van der Waals surface area contributed by atoms with Crippen LogP contribution in [0.25, 0.3) is 0 Å². The number of aliphatic imine (C=N–C) groups is 1. The maximum Gasteiger partial charge on any atom is 0.191 e. The van der Waals surface area contributed by atoms with E-state index < -0.39 is 0 Å². The van der Waals surface area contributed by atoms with Crippen molar-refractivity contribution in [2.24, 2.45) is 4.99 Å². The molecule has 2 rings (SSSR count). The molecule has 1 heterocycles. The highest BCUT2D eigenvalue weighted by Gasteiger charge is 2.15. The molecule has 1 aromatic rings. The third-order valence-electron chi connectivity index (χ3n) is 3.89. The lowest BCUT2D eigenvalue weighted by molar-refractivity contribution is 0.114. The van der Waals surface area contributed by atoms with Gasteiger partial charge in [-0.15, -0.1) is 24.0 Å². The maximum absolute atomic E-state index is 5.68. The van der Waals surface area contributed by atoms with Gasteiger partial charge in [0.1, 0.15) is 0 Å². The molecule has 6 nitrogen and oxygen atoms in total. The molecular formula is C18H30IN3O3. The van der Waals surface area contributed by atoms with E-state index in [2.05, 4.69) is 22.5 Å². The van der Waals surface area contributed by atoms with Crippen LogP contribution in [-0.2, 0) is 11.3 Å². The van der Waals surface area contributed by atoms with Gasteiger partial charge in [0, 0.05) is 26.7 Å². The second-order valence-corrected chi connectivity index (χ2v) is 5.78. The van der Waals surface area contributed by atoms with Gasteiger partial charge in [-0.05, 0) is 37.0 Å². The molecule has 0 spiro atoms. The SMILES string of the molecule is CCCOc1ccc(CNC(=NC)NCC2CCCO2)cc1OC.I. The quantitative estimate of drug-likeness (QED) is 0.353. The maximum atomic E-state index is 5.68. The van der Waals surface area contributed by atoms with Gasteiger partial charge in [0.2, 0.25) is 0 Å². The van der Waals surface area contributed by atoms with Crippen LogP contribution in [0.4, 0.5) is 0 Å². The van der Waals surface area contributed by atoms with Crippen LogP contribution in [0, 0.1) is 0 Å². The number of hydrogen-bond acceptors (Lipinski definition) is 4. The first-order chi connectivity index (χ1) is 11.8. The number of hydrogen-bond donors (Lipinski definition) is 2. The van der Waals surface area contributed by atoms with Gasteiger partial charge >= 0.3 is 0 Å². The van der Waals surface area contributed by atoms with Crippen molar-refractivity contribution in [3.8, 4) is 11.5 Å². The molecule has 1 fully saturated rings. The topological polar surface area (TPSA) is 64.1 Å². The Bertz CT molecular complexity index is 534. The number of guanidine groups is 1. The Morgan fingerprint density at radius 3 is 2.80 bits per heavy atom. The minimum atomic E-state index is 0. The zero-order chi connectivity index (χ0) is 17.2. The highest BCUT2D eigenvalue weighted by molar-refractivity contribution is 14.0. The summed E-state index contributed by atoms with van der Waals surface area (Å²) in [5.74, 6) is 2.31. The standard InChI is InChI=1S/C18H29N3O3.HI/c1-4-9-24-16-8-7-14(11-17(16)22-3)12-20-18(19-2)21-13-15-6-5-10-23-15;/h7-8,11,15H,4-6,9-10,12-13H2,1-3H3,(H2,19,20,21);1H. The summed E-state index contributed by atoms with van der Waals surface area (Å²) >= 11 is 0. The van der Waals surface area contributed by atoms with Gasteiger partial charge in [-0.25, -0.2) is 0 Å². The highest BCUT2D eigenvalue weighted by Crippen LogP contribution is 2.28. The van der Waals surface area contributed by atoms with E-state index in [0.29, 0.717) is 19.3 Å². The van der Waals surface area contributed by atoms with E-state index >= 15 is 0 Å². The average molecular weight is 463 g/mol. The lowest BCUT2D eigenvalue weighted by Gasteiger charge is -2.16. The fourth-order valence-corrected chi connectivity index (χ4v) is 2.58. The summed E-state index contributed by atoms with van der Waals surface area (Å²) in [6.45, 7) is 5.08. The number of benzene rings is 1. The Balaban J connectivity index is 0.00000312. The van der Waals surface area contributed by atoms with Gasteiger partial charge in [-0.1, -0.05) is 13.0 Å². The Morgan fingerprint density at radius 1 is 1.32 bits per heavy atom. The smallest absolute Gasteiger partial charge is 0.191 e. The van der Waals surface area contributed by atoms with Crippen molar-refractivity contribution >= 4 is 29.9 Å². The van der Waals surface area contributed by atoms with E-state index in [1.165, 1.54) is 0 Å². The first kappa shape index (κ1) is 21.8. The Hall–Kier alpha value is -1.22. The Kier molecular flexibility index (Phi) is 10.6. The second-order valence-electron chi connectivity index (χ2n) is 5.78. The van der Waals surface area contributed by atoms with Crippen LogP contribution in [0.2, 0.25) is 0 Å². The van der Waals surface area contributed by atoms with Crippen molar-refractivity contribution in [3.63, 3.8) is 0 Å². The molecule has 0 aromatic heterocycles. The number of rotatable bonds is 8. The van der Waals surface area contributed by atoms with Gasteiger partial charge in [-0.3, -0.25) is 4.99 Å². The number of nitrogens with one attached hydrogen (secondary N) is 2. The summed E-state index contributed by atoms with van der Waals surface area (Å²) in [7, 11) is 3.43. The minimum Gasteiger partial charge on any atom is -0.493 e. The molecule has 1 atom stereocenters. The fraction of sp³-hybridized carbons (Fsp3) is 0.611. The van der Waals surface area contributed by atoms with Crippen molar-refractivity contribution < 1.29 is 14.2 Å². The molecule has 25 heavy (non-hydrogen) atoms. The van der Waals surface area contributed by atoms with Crippen LogP contribution in [0.3, 0.4) is 0 Å². The van der Waals surface area contributed by atoms with Crippen molar-refractivity contribution in [2.75, 3.05) is 33.9 Å². The zero-order valence-corrected chi connectivity index (χ0v) is 17.7. The van der Waals surface area contributed by atoms with E-state index in [-0.39, 0.29) is 24.0 Å². The van der Waals surface area contributed by atoms with Crippen LogP contribution < -0.4 is 20.1 Å². The predicted molar refractivity (Wildman–Crippen MR) is 111 cm³/mol. The molecule has 142 valence electrons. The van der Waals surface area contributed by atoms with Crippen LogP contribution >= 0.6 is 24.0 Å². The van der Waals surface area contributed by atoms with Crippen molar-refractivity contribution in [1.29, 1.82) is 0 Å². The molecule has 1 aliphatic heterocycles. The van der Waals surface area contributed by atoms with E-state index in [1.807, 2.05) is 18.2 Å². The normalized spacial score (nSPS) is 16.9. The molecule has 1 aromatic carbocycles. The second kappa shape index (κ2) is 12.2. The average Bonchev–Trinajstić information content (AvgIpc) is 3.14. The van der Waals surface area contributed by atoms with E-state index in [1.54, 1.807) is 14.2 Å². The van der Waals surface area contributed by atoms with Gasteiger partial charge in [0.05, 0.1) is 19.8 Å². The lowest BCUT2D eigenvalue weighted by Crippen LogP contribution is -2.40. The van der Waals surface area contributed by atoms with Crippen molar-refractivity contribution in [3.05, 3.63) is 23.8 Å². The van der Waals surface area contributed by atoms with Crippen LogP contribution in [0.15, 0.2) is 23.2 Å². The van der Waals surface area contributed by atoms with Crippen LogP contribution in [0.5, 0.6) is 11.5 Å². The molecule has 0 aliphatic carbocycles. The molecule has 0 bridgehead atoms. The van der Waals surface area contributed by atoms with Crippen molar-refractivity contribution in [2.45, 2.75) is 38.8 Å². The summed E-state index contributed by atoms with van der Waals surface area (Å²) in [4.78, 5) is 4.25. The molecule has 1 unspecified atom stereocenters. The molecule has 1 aliphatic rings. The highest BCUT2D eigenvalue weighted by atomic mass is 127. The molecule has 7 heteroatoms. The first-order valence-corrected chi connectivity index (χ1v) is 8.62. The Morgan fingerprint density at radius 2 is 2.16 bits per heavy atom. The molecular weight excluding hydrogens is 433 g/mol. The molecule has 1 saturated heterocycles. The van der Waals surface area contributed by atoms with Gasteiger partial charge in [0.25, 0.3) is 0 Å². The fourth-order valence-electron chi connectivity index (χ4n) is 2.58. The molecule has 0 saturated carbocycles. The number of halogens is 1. The van der Waals surface area contributed by atoms with Gasteiger partial charge in [-0.2, -0.15) is 0 Å². The molecule has 0 radical (unpaired) electrons. The molecule has 2 N–H and O–H groups in total. The summed E-state index contributed by atoms with van der Waals surface area (Å²) in [6, 6.07) is 5.98. The van der Waals surface area contributed by atoms with Crippen LogP contribution in [0.1, 0.15) is 31.7 Å². The predicted octanol–water partition coefficient (Wildman–Crippen LogP) is 2.95. The lowest BCUT2D eigenvalue weighted by atomic mass is 10.2. The van der Waals surface area contributed by atoms with E-state index in [4.69, 9.17) is 14.2 Å². The van der Waals surface area contributed by atoms with Crippen LogP contribution in [-0.4, -0.2) is 46.0 Å². The largest absolute Gasteiger partial charge is 0.493 e. The summed E-state index contributed by atoms with van der Waals surface area (Å²) in [5.41, 5.74) is 1.11. The Labute approximate surface area is 167 Å². The first-order valence-electron chi connectivity index (χ1n) is 8.62. The third kappa shape index (κ3) is 7.27. The summed E-state index contributed by atoms with van der Waals surface area (Å²) in [6.07, 6.45) is 3.52. The number of methoxy groups -OCH3 is 1. The molecule has 0 amide bonds. The zero-order valence-electron chi connectivity index (χ0n) is 15.3. The van der Waals surface area contributed by atoms with Gasteiger partial charge < -0.3 is 24.8 Å². The minimum absolute atomic E-state index is 0. The number of nitrogens with zero attached hydrogens (tertiary/aromatic N) is 1. The third-order valence-corrected chi connectivity index (χ3v) is 3.89. The van der Waals surface area contributed by atoms with Gasteiger partial charge in [0.15, 0.2) is 17.5 Å².